The first-order valence-electron chi connectivity index (χ1n) is 6.71. The molecule has 0 aromatic carbocycles. The van der Waals surface area contributed by atoms with Gasteiger partial charge in [0.05, 0.1) is 0 Å². The molecule has 3 fully saturated rings. The van der Waals surface area contributed by atoms with Gasteiger partial charge in [0.15, 0.2) is 0 Å². The van der Waals surface area contributed by atoms with E-state index in [9.17, 15) is 4.79 Å². The van der Waals surface area contributed by atoms with Crippen LogP contribution in [0.15, 0.2) is 0 Å². The Labute approximate surface area is 97.4 Å². The van der Waals surface area contributed by atoms with Gasteiger partial charge in [-0.15, -0.1) is 0 Å². The van der Waals surface area contributed by atoms with Gasteiger partial charge >= 0.3 is 0 Å². The molecule has 0 radical (unpaired) electrons. The fourth-order valence-electron chi connectivity index (χ4n) is 3.08. The van der Waals surface area contributed by atoms with Crippen LogP contribution in [0.3, 0.4) is 0 Å². The Morgan fingerprint density at radius 2 is 1.75 bits per heavy atom. The molecule has 1 heterocycles. The van der Waals surface area contributed by atoms with Crippen molar-refractivity contribution in [3.8, 4) is 0 Å². The van der Waals surface area contributed by atoms with Crippen molar-refractivity contribution in [2.45, 2.75) is 38.6 Å². The van der Waals surface area contributed by atoms with Crippen LogP contribution in [-0.2, 0) is 4.79 Å². The lowest BCUT2D eigenvalue weighted by Gasteiger charge is -2.23. The van der Waals surface area contributed by atoms with E-state index in [1.165, 1.54) is 25.7 Å². The fraction of sp³-hybridized carbons (Fsp3) is 0.923. The molecule has 0 aromatic rings. The van der Waals surface area contributed by atoms with E-state index in [2.05, 4.69) is 6.92 Å². The first kappa shape index (κ1) is 10.6. The van der Waals surface area contributed by atoms with Crippen LogP contribution in [0.1, 0.15) is 32.6 Å². The van der Waals surface area contributed by atoms with Crippen LogP contribution in [0, 0.1) is 23.7 Å². The summed E-state index contributed by atoms with van der Waals surface area (Å²) in [5.74, 6) is 2.68. The minimum Gasteiger partial charge on any atom is -0.341 e. The zero-order chi connectivity index (χ0) is 11.3. The van der Waals surface area contributed by atoms with E-state index in [4.69, 9.17) is 5.73 Å². The highest BCUT2D eigenvalue weighted by Crippen LogP contribution is 2.50. The molecule has 0 bridgehead atoms. The van der Waals surface area contributed by atoms with E-state index in [1.807, 2.05) is 4.90 Å². The van der Waals surface area contributed by atoms with Crippen molar-refractivity contribution in [3.05, 3.63) is 0 Å². The second-order valence-electron chi connectivity index (χ2n) is 6.09. The lowest BCUT2D eigenvalue weighted by Crippen LogP contribution is -2.38. The largest absolute Gasteiger partial charge is 0.341 e. The third-order valence-electron chi connectivity index (χ3n) is 4.53. The monoisotopic (exact) mass is 222 g/mol. The molecule has 90 valence electrons. The summed E-state index contributed by atoms with van der Waals surface area (Å²) in [6.45, 7) is 3.83. The number of carbonyl (C=O) groups excluding carboxylic acids is 1. The van der Waals surface area contributed by atoms with Crippen molar-refractivity contribution in [1.29, 1.82) is 0 Å². The molecule has 16 heavy (non-hydrogen) atoms. The Bertz CT molecular complexity index is 274. The van der Waals surface area contributed by atoms with E-state index in [-0.39, 0.29) is 6.04 Å². The zero-order valence-corrected chi connectivity index (χ0v) is 10.1. The molecule has 0 aromatic heterocycles. The Balaban J connectivity index is 1.66. The van der Waals surface area contributed by atoms with E-state index < -0.39 is 0 Å². The maximum absolute atomic E-state index is 12.5. The van der Waals surface area contributed by atoms with Crippen LogP contribution in [0.25, 0.3) is 0 Å². The van der Waals surface area contributed by atoms with Crippen molar-refractivity contribution < 1.29 is 4.79 Å². The summed E-state index contributed by atoms with van der Waals surface area (Å²) < 4.78 is 0. The summed E-state index contributed by atoms with van der Waals surface area (Å²) in [6, 6.07) is 0.197. The quantitative estimate of drug-likeness (QED) is 0.780. The molecule has 1 saturated heterocycles. The van der Waals surface area contributed by atoms with Crippen LogP contribution in [0.2, 0.25) is 0 Å². The summed E-state index contributed by atoms with van der Waals surface area (Å²) in [7, 11) is 0. The number of amides is 1. The van der Waals surface area contributed by atoms with Crippen molar-refractivity contribution in [2.75, 3.05) is 13.1 Å². The molecule has 2 N–H and O–H groups in total. The average molecular weight is 222 g/mol. The molecule has 3 nitrogen and oxygen atoms in total. The van der Waals surface area contributed by atoms with Gasteiger partial charge in [-0.05, 0) is 43.4 Å². The highest BCUT2D eigenvalue weighted by atomic mass is 16.2. The Morgan fingerprint density at radius 1 is 1.19 bits per heavy atom. The lowest BCUT2D eigenvalue weighted by molar-refractivity contribution is -0.136. The number of likely N-dealkylation sites (tertiary alicyclic amines) is 1. The number of rotatable bonds is 3. The SMILES string of the molecule is CC1CN(C(=O)C(C2CC2)C2CC2)CC1N. The molecule has 2 atom stereocenters. The van der Waals surface area contributed by atoms with Gasteiger partial charge in [0.1, 0.15) is 0 Å². The minimum atomic E-state index is 0.197. The molecular weight excluding hydrogens is 200 g/mol. The maximum atomic E-state index is 12.5. The molecule has 3 heteroatoms. The topological polar surface area (TPSA) is 46.3 Å². The molecule has 3 aliphatic rings. The summed E-state index contributed by atoms with van der Waals surface area (Å²) >= 11 is 0. The Morgan fingerprint density at radius 3 is 2.12 bits per heavy atom. The van der Waals surface area contributed by atoms with Gasteiger partial charge in [-0.2, -0.15) is 0 Å². The second kappa shape index (κ2) is 3.73. The predicted octanol–water partition coefficient (Wildman–Crippen LogP) is 1.23. The highest BCUT2D eigenvalue weighted by molar-refractivity contribution is 5.80. The first-order chi connectivity index (χ1) is 7.66. The van der Waals surface area contributed by atoms with Gasteiger partial charge in [0.25, 0.3) is 0 Å². The number of nitrogens with zero attached hydrogens (tertiary/aromatic N) is 1. The summed E-state index contributed by atoms with van der Waals surface area (Å²) in [5.41, 5.74) is 6.00. The lowest BCUT2D eigenvalue weighted by atomic mass is 9.96. The molecular formula is C13H22N2O. The fourth-order valence-corrected chi connectivity index (χ4v) is 3.08. The molecule has 0 spiro atoms. The third kappa shape index (κ3) is 1.86. The molecule has 2 saturated carbocycles. The van der Waals surface area contributed by atoms with Gasteiger partial charge in [-0.3, -0.25) is 4.79 Å². The van der Waals surface area contributed by atoms with Crippen molar-refractivity contribution in [2.24, 2.45) is 29.4 Å². The normalized spacial score (nSPS) is 34.8. The van der Waals surface area contributed by atoms with Crippen LogP contribution in [0.5, 0.6) is 0 Å². The molecule has 1 amide bonds. The number of hydrogen-bond donors (Lipinski definition) is 1. The average Bonchev–Trinajstić information content (AvgIpc) is 3.10. The maximum Gasteiger partial charge on any atom is 0.226 e. The Hall–Kier alpha value is -0.570. The van der Waals surface area contributed by atoms with Crippen LogP contribution < -0.4 is 5.73 Å². The summed E-state index contributed by atoms with van der Waals surface area (Å²) in [6.07, 6.45) is 5.12. The third-order valence-corrected chi connectivity index (χ3v) is 4.53. The van der Waals surface area contributed by atoms with E-state index in [0.29, 0.717) is 29.6 Å². The van der Waals surface area contributed by atoms with Gasteiger partial charge in [0, 0.05) is 25.0 Å². The number of carbonyl (C=O) groups is 1. The smallest absolute Gasteiger partial charge is 0.226 e. The highest BCUT2D eigenvalue weighted by Gasteiger charge is 2.48. The number of nitrogens with two attached hydrogens (primary N) is 1. The van der Waals surface area contributed by atoms with Crippen molar-refractivity contribution >= 4 is 5.91 Å². The predicted molar refractivity (Wildman–Crippen MR) is 62.7 cm³/mol. The molecule has 2 aliphatic carbocycles. The van der Waals surface area contributed by atoms with E-state index in [1.54, 1.807) is 0 Å². The van der Waals surface area contributed by atoms with E-state index in [0.717, 1.165) is 13.1 Å². The summed E-state index contributed by atoms with van der Waals surface area (Å²) in [4.78, 5) is 14.5. The van der Waals surface area contributed by atoms with Gasteiger partial charge in [0.2, 0.25) is 5.91 Å². The van der Waals surface area contributed by atoms with Crippen molar-refractivity contribution in [1.82, 2.24) is 4.90 Å². The summed E-state index contributed by atoms with van der Waals surface area (Å²) in [5, 5.41) is 0. The van der Waals surface area contributed by atoms with Gasteiger partial charge < -0.3 is 10.6 Å². The van der Waals surface area contributed by atoms with Crippen LogP contribution in [0.4, 0.5) is 0 Å². The van der Waals surface area contributed by atoms with E-state index >= 15 is 0 Å². The standard InChI is InChI=1S/C13H22N2O/c1-8-6-15(7-11(8)14)13(16)12(9-2-3-9)10-4-5-10/h8-12H,2-7,14H2,1H3. The Kier molecular flexibility index (Phi) is 2.46. The first-order valence-corrected chi connectivity index (χ1v) is 6.71. The van der Waals surface area contributed by atoms with Crippen LogP contribution >= 0.6 is 0 Å². The van der Waals surface area contributed by atoms with Gasteiger partial charge in [-0.1, -0.05) is 6.92 Å². The minimum absolute atomic E-state index is 0.197. The molecule has 2 unspecified atom stereocenters. The second-order valence-corrected chi connectivity index (χ2v) is 6.09. The molecule has 3 rings (SSSR count). The zero-order valence-electron chi connectivity index (χ0n) is 10.1. The van der Waals surface area contributed by atoms with Crippen molar-refractivity contribution in [3.63, 3.8) is 0 Å². The van der Waals surface area contributed by atoms with Gasteiger partial charge in [-0.25, -0.2) is 0 Å². The number of hydrogen-bond acceptors (Lipinski definition) is 2. The van der Waals surface area contributed by atoms with Crippen LogP contribution in [-0.4, -0.2) is 29.9 Å². The molecule has 1 aliphatic heterocycles.